The Kier molecular flexibility index (Phi) is 4.45. The molecule has 1 aromatic heterocycles. The quantitative estimate of drug-likeness (QED) is 0.799. The third-order valence-electron chi connectivity index (χ3n) is 3.26. The Morgan fingerprint density at radius 2 is 1.90 bits per heavy atom. The van der Waals surface area contributed by atoms with Gasteiger partial charge in [0.1, 0.15) is 14.8 Å². The van der Waals surface area contributed by atoms with Crippen LogP contribution in [0.25, 0.3) is 0 Å². The van der Waals surface area contributed by atoms with Crippen molar-refractivity contribution in [2.24, 2.45) is 0 Å². The molecule has 0 bridgehead atoms. The smallest absolute Gasteiger partial charge is 0.265 e. The SMILES string of the molecule is CN(C)C(=O)c1sc(N2CCNCC2)c(S(C)(=O)=O)c1N. The lowest BCUT2D eigenvalue weighted by Crippen LogP contribution is -2.43. The number of carbonyl (C=O) groups excluding carboxylic acids is 1. The molecule has 2 heterocycles. The van der Waals surface area contributed by atoms with E-state index in [2.05, 4.69) is 5.32 Å². The third-order valence-corrected chi connectivity index (χ3v) is 5.80. The van der Waals surface area contributed by atoms with Gasteiger partial charge in [-0.2, -0.15) is 0 Å². The highest BCUT2D eigenvalue weighted by Gasteiger charge is 2.30. The summed E-state index contributed by atoms with van der Waals surface area (Å²) in [5, 5.41) is 3.78. The fraction of sp³-hybridized carbons (Fsp3) is 0.583. The monoisotopic (exact) mass is 332 g/mol. The summed E-state index contributed by atoms with van der Waals surface area (Å²) in [6.45, 7) is 2.94. The first-order valence-electron chi connectivity index (χ1n) is 6.53. The summed E-state index contributed by atoms with van der Waals surface area (Å²) < 4.78 is 24.2. The summed E-state index contributed by atoms with van der Waals surface area (Å²) in [6.07, 6.45) is 1.13. The van der Waals surface area contributed by atoms with Crippen LogP contribution >= 0.6 is 11.3 Å². The van der Waals surface area contributed by atoms with Gasteiger partial charge in [-0.3, -0.25) is 4.79 Å². The standard InChI is InChI=1S/C12H20N4O3S2/c1-15(2)11(17)9-8(13)10(21(3,18)19)12(20-9)16-6-4-14-5-7-16/h14H,4-7,13H2,1-3H3. The number of piperazine rings is 1. The number of nitrogens with zero attached hydrogens (tertiary/aromatic N) is 2. The maximum Gasteiger partial charge on any atom is 0.265 e. The topological polar surface area (TPSA) is 95.7 Å². The summed E-state index contributed by atoms with van der Waals surface area (Å²) in [5.74, 6) is -0.274. The highest BCUT2D eigenvalue weighted by Crippen LogP contribution is 2.42. The van der Waals surface area contributed by atoms with Crippen molar-refractivity contribution in [3.63, 3.8) is 0 Å². The number of thiophene rings is 1. The van der Waals surface area contributed by atoms with Crippen molar-refractivity contribution in [1.29, 1.82) is 0 Å². The number of sulfone groups is 1. The summed E-state index contributed by atoms with van der Waals surface area (Å²) >= 11 is 1.16. The molecule has 1 aliphatic rings. The van der Waals surface area contributed by atoms with Gasteiger partial charge < -0.3 is 20.9 Å². The van der Waals surface area contributed by atoms with Crippen molar-refractivity contribution < 1.29 is 13.2 Å². The molecule has 0 radical (unpaired) electrons. The van der Waals surface area contributed by atoms with Crippen molar-refractivity contribution in [3.8, 4) is 0 Å². The average Bonchev–Trinajstić information content (AvgIpc) is 2.76. The van der Waals surface area contributed by atoms with Gasteiger partial charge >= 0.3 is 0 Å². The molecule has 0 aromatic carbocycles. The van der Waals surface area contributed by atoms with Crippen molar-refractivity contribution in [2.45, 2.75) is 4.90 Å². The Hall–Kier alpha value is -1.32. The first kappa shape index (κ1) is 16.1. The predicted molar refractivity (Wildman–Crippen MR) is 84.9 cm³/mol. The first-order valence-corrected chi connectivity index (χ1v) is 9.24. The van der Waals surface area contributed by atoms with Crippen LogP contribution in [-0.4, -0.2) is 65.8 Å². The van der Waals surface area contributed by atoms with Crippen molar-refractivity contribution in [3.05, 3.63) is 4.88 Å². The zero-order valence-corrected chi connectivity index (χ0v) is 14.0. The van der Waals surface area contributed by atoms with E-state index in [1.807, 2.05) is 4.90 Å². The van der Waals surface area contributed by atoms with Gasteiger partial charge in [-0.25, -0.2) is 8.42 Å². The van der Waals surface area contributed by atoms with E-state index in [9.17, 15) is 13.2 Å². The second-order valence-corrected chi connectivity index (χ2v) is 8.14. The van der Waals surface area contributed by atoms with Crippen LogP contribution in [0.2, 0.25) is 0 Å². The Bertz CT molecular complexity index is 646. The van der Waals surface area contributed by atoms with Crippen LogP contribution < -0.4 is 16.0 Å². The number of amides is 1. The lowest BCUT2D eigenvalue weighted by Gasteiger charge is -2.28. The number of nitrogens with one attached hydrogen (secondary N) is 1. The van der Waals surface area contributed by atoms with E-state index in [0.717, 1.165) is 30.7 Å². The van der Waals surface area contributed by atoms with Crippen LogP contribution in [0.1, 0.15) is 9.67 Å². The minimum absolute atomic E-state index is 0.0646. The van der Waals surface area contributed by atoms with E-state index in [-0.39, 0.29) is 21.4 Å². The summed E-state index contributed by atoms with van der Waals surface area (Å²) in [4.78, 5) is 15.9. The zero-order chi connectivity index (χ0) is 15.8. The number of nitrogens with two attached hydrogens (primary N) is 1. The van der Waals surface area contributed by atoms with Gasteiger partial charge in [-0.1, -0.05) is 0 Å². The molecule has 0 aliphatic carbocycles. The van der Waals surface area contributed by atoms with E-state index in [4.69, 9.17) is 5.73 Å². The molecule has 9 heteroatoms. The van der Waals surface area contributed by atoms with E-state index in [1.54, 1.807) is 14.1 Å². The predicted octanol–water partition coefficient (Wildman–Crippen LogP) is -0.155. The van der Waals surface area contributed by atoms with Gasteiger partial charge in [0.05, 0.1) is 5.69 Å². The van der Waals surface area contributed by atoms with Gasteiger partial charge in [-0.05, 0) is 0 Å². The largest absolute Gasteiger partial charge is 0.396 e. The molecule has 1 saturated heterocycles. The van der Waals surface area contributed by atoms with Crippen molar-refractivity contribution in [2.75, 3.05) is 57.2 Å². The molecule has 1 aliphatic heterocycles. The highest BCUT2D eigenvalue weighted by molar-refractivity contribution is 7.91. The Labute approximate surface area is 128 Å². The zero-order valence-electron chi connectivity index (χ0n) is 12.3. The Morgan fingerprint density at radius 1 is 1.33 bits per heavy atom. The number of rotatable bonds is 3. The molecule has 2 rings (SSSR count). The Morgan fingerprint density at radius 3 is 2.38 bits per heavy atom. The fourth-order valence-electron chi connectivity index (χ4n) is 2.21. The molecule has 21 heavy (non-hydrogen) atoms. The van der Waals surface area contributed by atoms with E-state index < -0.39 is 9.84 Å². The molecule has 7 nitrogen and oxygen atoms in total. The molecular weight excluding hydrogens is 312 g/mol. The lowest BCUT2D eigenvalue weighted by atomic mass is 10.3. The molecule has 0 atom stereocenters. The van der Waals surface area contributed by atoms with Crippen LogP contribution in [0, 0.1) is 0 Å². The van der Waals surface area contributed by atoms with Gasteiger partial charge in [0.15, 0.2) is 9.84 Å². The highest BCUT2D eigenvalue weighted by atomic mass is 32.2. The van der Waals surface area contributed by atoms with Crippen LogP contribution in [0.3, 0.4) is 0 Å². The number of hydrogen-bond acceptors (Lipinski definition) is 7. The van der Waals surface area contributed by atoms with Gasteiger partial charge in [-0.15, -0.1) is 11.3 Å². The molecule has 118 valence electrons. The third kappa shape index (κ3) is 3.14. The van der Waals surface area contributed by atoms with Crippen LogP contribution in [0.5, 0.6) is 0 Å². The minimum atomic E-state index is -3.50. The lowest BCUT2D eigenvalue weighted by molar-refractivity contribution is 0.0833. The Balaban J connectivity index is 2.57. The molecule has 1 aromatic rings. The molecule has 0 saturated carbocycles. The minimum Gasteiger partial charge on any atom is -0.396 e. The molecule has 1 fully saturated rings. The van der Waals surface area contributed by atoms with Gasteiger partial charge in [0.25, 0.3) is 5.91 Å². The molecule has 0 spiro atoms. The van der Waals surface area contributed by atoms with Crippen LogP contribution in [0.15, 0.2) is 4.90 Å². The second kappa shape index (κ2) is 5.82. The maximum absolute atomic E-state index is 12.2. The summed E-state index contributed by atoms with van der Waals surface area (Å²) in [5.41, 5.74) is 6.04. The molecule has 1 amide bonds. The number of anilines is 2. The van der Waals surface area contributed by atoms with Crippen LogP contribution in [0.4, 0.5) is 10.7 Å². The summed E-state index contributed by atoms with van der Waals surface area (Å²) in [7, 11) is -0.265. The number of carbonyl (C=O) groups is 1. The van der Waals surface area contributed by atoms with Crippen molar-refractivity contribution >= 4 is 37.8 Å². The van der Waals surface area contributed by atoms with E-state index >= 15 is 0 Å². The summed E-state index contributed by atoms with van der Waals surface area (Å²) in [6, 6.07) is 0. The fourth-order valence-corrected chi connectivity index (χ4v) is 4.99. The molecule has 0 unspecified atom stereocenters. The molecule has 3 N–H and O–H groups in total. The normalized spacial score (nSPS) is 16.0. The second-order valence-electron chi connectivity index (χ2n) is 5.19. The maximum atomic E-state index is 12.2. The van der Waals surface area contributed by atoms with E-state index in [0.29, 0.717) is 18.1 Å². The van der Waals surface area contributed by atoms with Gasteiger partial charge in [0.2, 0.25) is 0 Å². The number of hydrogen-bond donors (Lipinski definition) is 2. The average molecular weight is 332 g/mol. The van der Waals surface area contributed by atoms with Gasteiger partial charge in [0, 0.05) is 46.5 Å². The van der Waals surface area contributed by atoms with Crippen LogP contribution in [-0.2, 0) is 9.84 Å². The number of nitrogen functional groups attached to an aromatic ring is 1. The van der Waals surface area contributed by atoms with E-state index in [1.165, 1.54) is 4.90 Å². The molecular formula is C12H20N4O3S2. The first-order chi connectivity index (χ1) is 9.73. The van der Waals surface area contributed by atoms with Crippen molar-refractivity contribution in [1.82, 2.24) is 10.2 Å².